The van der Waals surface area contributed by atoms with E-state index in [0.717, 1.165) is 32.7 Å². The number of para-hydroxylation sites is 1. The summed E-state index contributed by atoms with van der Waals surface area (Å²) in [7, 11) is 0. The smallest absolute Gasteiger partial charge is 0.315 e. The van der Waals surface area contributed by atoms with Crippen molar-refractivity contribution in [3.05, 3.63) is 29.8 Å². The Morgan fingerprint density at radius 1 is 1.29 bits per heavy atom. The van der Waals surface area contributed by atoms with Crippen LogP contribution in [0, 0.1) is 5.92 Å². The van der Waals surface area contributed by atoms with Gasteiger partial charge in [0.1, 0.15) is 0 Å². The molecule has 2 saturated heterocycles. The second kappa shape index (κ2) is 8.38. The molecule has 2 N–H and O–H groups in total. The van der Waals surface area contributed by atoms with Gasteiger partial charge in [-0.2, -0.15) is 0 Å². The van der Waals surface area contributed by atoms with Crippen molar-refractivity contribution in [2.75, 3.05) is 31.2 Å². The molecule has 2 heterocycles. The lowest BCUT2D eigenvalue weighted by atomic mass is 10.0. The summed E-state index contributed by atoms with van der Waals surface area (Å²) in [6, 6.07) is 8.45. The molecule has 0 saturated carbocycles. The summed E-state index contributed by atoms with van der Waals surface area (Å²) < 4.78 is 5.39. The molecule has 0 aliphatic carbocycles. The predicted octanol–water partition coefficient (Wildman–Crippen LogP) is 2.90. The fourth-order valence-corrected chi connectivity index (χ4v) is 3.60. The quantitative estimate of drug-likeness (QED) is 0.872. The molecule has 2 fully saturated rings. The molecule has 132 valence electrons. The lowest BCUT2D eigenvalue weighted by molar-refractivity contribution is 0.178. The molecule has 0 bridgehead atoms. The first-order valence-electron chi connectivity index (χ1n) is 9.19. The van der Waals surface area contributed by atoms with E-state index in [9.17, 15) is 4.79 Å². The van der Waals surface area contributed by atoms with Crippen molar-refractivity contribution >= 4 is 11.7 Å². The molecular weight excluding hydrogens is 302 g/mol. The second-order valence-corrected chi connectivity index (χ2v) is 6.92. The summed E-state index contributed by atoms with van der Waals surface area (Å²) in [6.07, 6.45) is 4.85. The highest BCUT2D eigenvalue weighted by Gasteiger charge is 2.23. The number of amides is 2. The SMILES string of the molecule is C[C@H](NC(=O)NCc1ccccc1N1CCCCC1)[C@@H]1CCOC1. The topological polar surface area (TPSA) is 53.6 Å². The number of nitrogens with zero attached hydrogens (tertiary/aromatic N) is 1. The normalized spacial score (nSPS) is 22.2. The van der Waals surface area contributed by atoms with E-state index in [4.69, 9.17) is 4.74 Å². The van der Waals surface area contributed by atoms with Crippen LogP contribution in [0.2, 0.25) is 0 Å². The van der Waals surface area contributed by atoms with Crippen LogP contribution in [0.1, 0.15) is 38.2 Å². The van der Waals surface area contributed by atoms with Crippen LogP contribution in [0.15, 0.2) is 24.3 Å². The summed E-state index contributed by atoms with van der Waals surface area (Å²) in [5.74, 6) is 0.427. The van der Waals surface area contributed by atoms with E-state index in [-0.39, 0.29) is 12.1 Å². The summed E-state index contributed by atoms with van der Waals surface area (Å²) in [5.41, 5.74) is 2.45. The average molecular weight is 331 g/mol. The van der Waals surface area contributed by atoms with Gasteiger partial charge in [0.05, 0.1) is 6.61 Å². The Bertz CT molecular complexity index is 537. The van der Waals surface area contributed by atoms with Gasteiger partial charge < -0.3 is 20.3 Å². The van der Waals surface area contributed by atoms with E-state index in [0.29, 0.717) is 12.5 Å². The van der Waals surface area contributed by atoms with Gasteiger partial charge in [-0.15, -0.1) is 0 Å². The first-order chi connectivity index (χ1) is 11.7. The van der Waals surface area contributed by atoms with E-state index in [1.807, 2.05) is 6.07 Å². The first kappa shape index (κ1) is 17.1. The number of piperidine rings is 1. The lowest BCUT2D eigenvalue weighted by Crippen LogP contribution is -2.44. The monoisotopic (exact) mass is 331 g/mol. The Morgan fingerprint density at radius 3 is 2.83 bits per heavy atom. The number of carbonyl (C=O) groups excluding carboxylic acids is 1. The average Bonchev–Trinajstić information content (AvgIpc) is 3.16. The Labute approximate surface area is 144 Å². The highest BCUT2D eigenvalue weighted by molar-refractivity contribution is 5.74. The number of hydrogen-bond acceptors (Lipinski definition) is 3. The maximum absolute atomic E-state index is 12.2. The van der Waals surface area contributed by atoms with E-state index >= 15 is 0 Å². The van der Waals surface area contributed by atoms with E-state index in [1.165, 1.54) is 30.5 Å². The van der Waals surface area contributed by atoms with Crippen molar-refractivity contribution in [3.8, 4) is 0 Å². The molecule has 1 aromatic rings. The molecule has 2 aliphatic rings. The molecule has 1 aromatic carbocycles. The minimum absolute atomic E-state index is 0.0946. The molecule has 5 heteroatoms. The number of urea groups is 1. The maximum Gasteiger partial charge on any atom is 0.315 e. The number of anilines is 1. The van der Waals surface area contributed by atoms with Crippen molar-refractivity contribution in [1.82, 2.24) is 10.6 Å². The van der Waals surface area contributed by atoms with E-state index in [2.05, 4.69) is 40.7 Å². The van der Waals surface area contributed by atoms with Gasteiger partial charge in [-0.1, -0.05) is 18.2 Å². The van der Waals surface area contributed by atoms with Gasteiger partial charge in [0, 0.05) is 43.9 Å². The van der Waals surface area contributed by atoms with E-state index in [1.54, 1.807) is 0 Å². The van der Waals surface area contributed by atoms with Crippen LogP contribution in [-0.4, -0.2) is 38.4 Å². The first-order valence-corrected chi connectivity index (χ1v) is 9.19. The third-order valence-corrected chi connectivity index (χ3v) is 5.16. The fourth-order valence-electron chi connectivity index (χ4n) is 3.60. The second-order valence-electron chi connectivity index (χ2n) is 6.92. The van der Waals surface area contributed by atoms with Gasteiger partial charge in [-0.25, -0.2) is 4.79 Å². The largest absolute Gasteiger partial charge is 0.381 e. The van der Waals surface area contributed by atoms with Gasteiger partial charge >= 0.3 is 6.03 Å². The number of nitrogens with one attached hydrogen (secondary N) is 2. The molecule has 0 unspecified atom stereocenters. The molecule has 5 nitrogen and oxygen atoms in total. The van der Waals surface area contributed by atoms with Gasteiger partial charge in [0.15, 0.2) is 0 Å². The zero-order valence-electron chi connectivity index (χ0n) is 14.6. The van der Waals surface area contributed by atoms with Crippen LogP contribution in [0.25, 0.3) is 0 Å². The number of rotatable bonds is 5. The Hall–Kier alpha value is -1.75. The molecule has 2 amide bonds. The summed E-state index contributed by atoms with van der Waals surface area (Å²) in [4.78, 5) is 14.6. The maximum atomic E-state index is 12.2. The van der Waals surface area contributed by atoms with Crippen LogP contribution in [-0.2, 0) is 11.3 Å². The molecule has 0 spiro atoms. The van der Waals surface area contributed by atoms with Crippen molar-refractivity contribution < 1.29 is 9.53 Å². The highest BCUT2D eigenvalue weighted by atomic mass is 16.5. The van der Waals surface area contributed by atoms with E-state index < -0.39 is 0 Å². The molecule has 24 heavy (non-hydrogen) atoms. The summed E-state index contributed by atoms with van der Waals surface area (Å²) >= 11 is 0. The standard InChI is InChI=1S/C19H29N3O2/c1-15(17-9-12-24-14-17)21-19(23)20-13-16-7-3-4-8-18(16)22-10-5-2-6-11-22/h3-4,7-8,15,17H,2,5-6,9-14H2,1H3,(H2,20,21,23)/t15-,17+/m0/s1. The van der Waals surface area contributed by atoms with Crippen molar-refractivity contribution in [2.24, 2.45) is 5.92 Å². The van der Waals surface area contributed by atoms with Crippen molar-refractivity contribution in [2.45, 2.75) is 45.2 Å². The third-order valence-electron chi connectivity index (χ3n) is 5.16. The zero-order chi connectivity index (χ0) is 16.8. The van der Waals surface area contributed by atoms with Crippen LogP contribution < -0.4 is 15.5 Å². The molecule has 0 radical (unpaired) electrons. The highest BCUT2D eigenvalue weighted by Crippen LogP contribution is 2.24. The number of carbonyl (C=O) groups is 1. The zero-order valence-corrected chi connectivity index (χ0v) is 14.6. The minimum Gasteiger partial charge on any atom is -0.381 e. The Morgan fingerprint density at radius 2 is 2.08 bits per heavy atom. The van der Waals surface area contributed by atoms with Gasteiger partial charge in [-0.05, 0) is 44.2 Å². The number of benzene rings is 1. The van der Waals surface area contributed by atoms with Gasteiger partial charge in [0.25, 0.3) is 0 Å². The van der Waals surface area contributed by atoms with Crippen molar-refractivity contribution in [3.63, 3.8) is 0 Å². The van der Waals surface area contributed by atoms with Crippen LogP contribution in [0.4, 0.5) is 10.5 Å². The number of ether oxygens (including phenoxy) is 1. The molecule has 0 aromatic heterocycles. The predicted molar refractivity (Wildman–Crippen MR) is 96.3 cm³/mol. The van der Waals surface area contributed by atoms with Crippen LogP contribution in [0.3, 0.4) is 0 Å². The third kappa shape index (κ3) is 4.41. The Balaban J connectivity index is 1.53. The van der Waals surface area contributed by atoms with Crippen LogP contribution >= 0.6 is 0 Å². The van der Waals surface area contributed by atoms with Gasteiger partial charge in [-0.3, -0.25) is 0 Å². The summed E-state index contributed by atoms with van der Waals surface area (Å²) in [5, 5.41) is 6.06. The summed E-state index contributed by atoms with van der Waals surface area (Å²) in [6.45, 7) is 6.40. The van der Waals surface area contributed by atoms with Gasteiger partial charge in [0.2, 0.25) is 0 Å². The van der Waals surface area contributed by atoms with Crippen molar-refractivity contribution in [1.29, 1.82) is 0 Å². The van der Waals surface area contributed by atoms with Crippen LogP contribution in [0.5, 0.6) is 0 Å². The lowest BCUT2D eigenvalue weighted by Gasteiger charge is -2.30. The molecule has 3 rings (SSSR count). The fraction of sp³-hybridized carbons (Fsp3) is 0.632. The minimum atomic E-state index is -0.0946. The molecule has 2 aliphatic heterocycles. The molecule has 2 atom stereocenters. The Kier molecular flexibility index (Phi) is 5.96. The molecular formula is C19H29N3O2. The number of hydrogen-bond donors (Lipinski definition) is 2.